The molecule has 3 heteroatoms. The Balaban J connectivity index is 1.42. The SMILES string of the molecule is N=Cc1cccc(Nc2cc(-c3ccccc3)ccc2-c2ccc3c(c2)c2ccccc2n3-c2ccccc2)c1. The van der Waals surface area contributed by atoms with Crippen LogP contribution in [-0.4, -0.2) is 10.8 Å². The van der Waals surface area contributed by atoms with E-state index in [0.717, 1.165) is 39.3 Å². The van der Waals surface area contributed by atoms with Gasteiger partial charge in [-0.1, -0.05) is 97.1 Å². The number of rotatable bonds is 6. The van der Waals surface area contributed by atoms with Gasteiger partial charge in [0, 0.05) is 39.6 Å². The minimum atomic E-state index is 0.862. The third-order valence-electron chi connectivity index (χ3n) is 7.46. The minimum Gasteiger partial charge on any atom is -0.355 e. The van der Waals surface area contributed by atoms with Gasteiger partial charge in [0.25, 0.3) is 0 Å². The molecular weight excluding hydrogens is 486 g/mol. The molecule has 0 aliphatic rings. The molecule has 1 heterocycles. The third kappa shape index (κ3) is 4.24. The second-order valence-electron chi connectivity index (χ2n) is 9.94. The van der Waals surface area contributed by atoms with E-state index in [1.807, 2.05) is 30.3 Å². The predicted molar refractivity (Wildman–Crippen MR) is 169 cm³/mol. The molecule has 7 aromatic rings. The molecular formula is C37H27N3. The van der Waals surface area contributed by atoms with E-state index in [0.29, 0.717) is 0 Å². The minimum absolute atomic E-state index is 0.862. The molecule has 0 unspecified atom stereocenters. The summed E-state index contributed by atoms with van der Waals surface area (Å²) < 4.78 is 2.34. The van der Waals surface area contributed by atoms with Crippen molar-refractivity contribution in [2.24, 2.45) is 0 Å². The van der Waals surface area contributed by atoms with Gasteiger partial charge in [-0.15, -0.1) is 0 Å². The first-order valence-electron chi connectivity index (χ1n) is 13.4. The monoisotopic (exact) mass is 513 g/mol. The van der Waals surface area contributed by atoms with Crippen LogP contribution in [-0.2, 0) is 0 Å². The first-order valence-corrected chi connectivity index (χ1v) is 13.4. The van der Waals surface area contributed by atoms with Gasteiger partial charge in [0.2, 0.25) is 0 Å². The summed E-state index contributed by atoms with van der Waals surface area (Å²) in [5.41, 5.74) is 11.0. The summed E-state index contributed by atoms with van der Waals surface area (Å²) in [4.78, 5) is 0. The van der Waals surface area contributed by atoms with Crippen LogP contribution >= 0.6 is 0 Å². The molecule has 0 amide bonds. The summed E-state index contributed by atoms with van der Waals surface area (Å²) in [6.07, 6.45) is 1.38. The Bertz CT molecular complexity index is 1990. The Morgan fingerprint density at radius 3 is 2.08 bits per heavy atom. The van der Waals surface area contributed by atoms with Crippen molar-refractivity contribution in [3.63, 3.8) is 0 Å². The number of aromatic nitrogens is 1. The van der Waals surface area contributed by atoms with Gasteiger partial charge in [-0.05, 0) is 70.8 Å². The summed E-state index contributed by atoms with van der Waals surface area (Å²) >= 11 is 0. The van der Waals surface area contributed by atoms with Crippen molar-refractivity contribution in [1.29, 1.82) is 5.41 Å². The van der Waals surface area contributed by atoms with Crippen LogP contribution in [0.1, 0.15) is 5.56 Å². The molecule has 0 saturated heterocycles. The lowest BCUT2D eigenvalue weighted by molar-refractivity contribution is 1.18. The molecule has 3 nitrogen and oxygen atoms in total. The van der Waals surface area contributed by atoms with Gasteiger partial charge in [0.1, 0.15) is 0 Å². The van der Waals surface area contributed by atoms with Crippen LogP contribution in [0.15, 0.2) is 146 Å². The van der Waals surface area contributed by atoms with Crippen molar-refractivity contribution in [1.82, 2.24) is 4.57 Å². The van der Waals surface area contributed by atoms with Crippen molar-refractivity contribution < 1.29 is 0 Å². The standard InChI is InChI=1S/C37H27N3/c38-25-26-10-9-13-30(22-26)39-35-24-28(27-11-3-1-4-12-27)18-20-32(35)29-19-21-37-34(23-29)33-16-7-8-17-36(33)40(37)31-14-5-2-6-15-31/h1-25,38-39H. The topological polar surface area (TPSA) is 40.8 Å². The average molecular weight is 514 g/mol. The molecule has 6 aromatic carbocycles. The highest BCUT2D eigenvalue weighted by atomic mass is 15.0. The molecule has 0 spiro atoms. The van der Waals surface area contributed by atoms with Crippen LogP contribution in [0.3, 0.4) is 0 Å². The maximum atomic E-state index is 7.70. The van der Waals surface area contributed by atoms with Gasteiger partial charge in [-0.3, -0.25) is 0 Å². The molecule has 7 rings (SSSR count). The molecule has 0 radical (unpaired) electrons. The lowest BCUT2D eigenvalue weighted by Gasteiger charge is -2.16. The van der Waals surface area contributed by atoms with Crippen LogP contribution in [0.5, 0.6) is 0 Å². The zero-order chi connectivity index (χ0) is 26.9. The van der Waals surface area contributed by atoms with Gasteiger partial charge in [0.05, 0.1) is 11.0 Å². The molecule has 1 aromatic heterocycles. The molecule has 2 N–H and O–H groups in total. The van der Waals surface area contributed by atoms with Crippen LogP contribution in [0.2, 0.25) is 0 Å². The number of hydrogen-bond donors (Lipinski definition) is 2. The Labute approximate surface area is 233 Å². The number of fused-ring (bicyclic) bond motifs is 3. The highest BCUT2D eigenvalue weighted by molar-refractivity contribution is 6.10. The van der Waals surface area contributed by atoms with E-state index in [9.17, 15) is 0 Å². The van der Waals surface area contributed by atoms with E-state index >= 15 is 0 Å². The molecule has 0 atom stereocenters. The lowest BCUT2D eigenvalue weighted by Crippen LogP contribution is -1.96. The number of hydrogen-bond acceptors (Lipinski definition) is 2. The molecule has 40 heavy (non-hydrogen) atoms. The highest BCUT2D eigenvalue weighted by Gasteiger charge is 2.15. The number of para-hydroxylation sites is 2. The van der Waals surface area contributed by atoms with Crippen molar-refractivity contribution in [2.45, 2.75) is 0 Å². The smallest absolute Gasteiger partial charge is 0.0541 e. The van der Waals surface area contributed by atoms with E-state index in [4.69, 9.17) is 5.41 Å². The van der Waals surface area contributed by atoms with E-state index in [2.05, 4.69) is 125 Å². The fraction of sp³-hybridized carbons (Fsp3) is 0. The van der Waals surface area contributed by atoms with Crippen molar-refractivity contribution in [3.8, 4) is 27.9 Å². The first-order chi connectivity index (χ1) is 19.8. The summed E-state index contributed by atoms with van der Waals surface area (Å²) in [5, 5.41) is 13.8. The summed E-state index contributed by atoms with van der Waals surface area (Å²) in [6, 6.07) is 51.0. The number of nitrogens with one attached hydrogen (secondary N) is 2. The zero-order valence-corrected chi connectivity index (χ0v) is 21.9. The second kappa shape index (κ2) is 10.0. The van der Waals surface area contributed by atoms with Gasteiger partial charge >= 0.3 is 0 Å². The molecule has 0 fully saturated rings. The quantitative estimate of drug-likeness (QED) is 0.213. The van der Waals surface area contributed by atoms with Crippen LogP contribution in [0, 0.1) is 5.41 Å². The van der Waals surface area contributed by atoms with Gasteiger partial charge < -0.3 is 15.3 Å². The van der Waals surface area contributed by atoms with Crippen LogP contribution in [0.4, 0.5) is 11.4 Å². The Morgan fingerprint density at radius 2 is 1.25 bits per heavy atom. The molecule has 190 valence electrons. The van der Waals surface area contributed by atoms with Gasteiger partial charge in [0.15, 0.2) is 0 Å². The fourth-order valence-electron chi connectivity index (χ4n) is 5.57. The average Bonchev–Trinajstić information content (AvgIpc) is 3.36. The van der Waals surface area contributed by atoms with Gasteiger partial charge in [-0.25, -0.2) is 0 Å². The van der Waals surface area contributed by atoms with E-state index in [-0.39, 0.29) is 0 Å². The fourth-order valence-corrected chi connectivity index (χ4v) is 5.57. The maximum absolute atomic E-state index is 7.70. The summed E-state index contributed by atoms with van der Waals surface area (Å²) in [6.45, 7) is 0. The number of nitrogens with zero attached hydrogens (tertiary/aromatic N) is 1. The van der Waals surface area contributed by atoms with Crippen molar-refractivity contribution >= 4 is 39.4 Å². The van der Waals surface area contributed by atoms with E-state index < -0.39 is 0 Å². The number of benzene rings is 6. The molecule has 0 aliphatic carbocycles. The molecule has 0 aliphatic heterocycles. The maximum Gasteiger partial charge on any atom is 0.0541 e. The normalized spacial score (nSPS) is 11.1. The third-order valence-corrected chi connectivity index (χ3v) is 7.46. The van der Waals surface area contributed by atoms with Crippen molar-refractivity contribution in [3.05, 3.63) is 151 Å². The predicted octanol–water partition coefficient (Wildman–Crippen LogP) is 9.86. The summed E-state index contributed by atoms with van der Waals surface area (Å²) in [5.74, 6) is 0. The first kappa shape index (κ1) is 23.7. The zero-order valence-electron chi connectivity index (χ0n) is 21.9. The van der Waals surface area contributed by atoms with Crippen molar-refractivity contribution in [2.75, 3.05) is 5.32 Å². The Kier molecular flexibility index (Phi) is 5.95. The van der Waals surface area contributed by atoms with E-state index in [1.165, 1.54) is 33.6 Å². The highest BCUT2D eigenvalue weighted by Crippen LogP contribution is 2.39. The number of anilines is 2. The Morgan fingerprint density at radius 1 is 0.525 bits per heavy atom. The molecule has 0 saturated carbocycles. The Hall–Kier alpha value is -5.41. The van der Waals surface area contributed by atoms with E-state index in [1.54, 1.807) is 0 Å². The van der Waals surface area contributed by atoms with Crippen LogP contribution in [0.25, 0.3) is 49.7 Å². The largest absolute Gasteiger partial charge is 0.355 e. The van der Waals surface area contributed by atoms with Crippen LogP contribution < -0.4 is 5.32 Å². The van der Waals surface area contributed by atoms with Gasteiger partial charge in [-0.2, -0.15) is 0 Å². The summed E-state index contributed by atoms with van der Waals surface area (Å²) in [7, 11) is 0. The lowest BCUT2D eigenvalue weighted by atomic mass is 9.96. The second-order valence-corrected chi connectivity index (χ2v) is 9.94. The molecule has 0 bridgehead atoms.